The fourth-order valence-electron chi connectivity index (χ4n) is 2.33. The number of thioether (sulfide) groups is 1. The van der Waals surface area contributed by atoms with E-state index in [2.05, 4.69) is 15.0 Å². The first-order valence-corrected chi connectivity index (χ1v) is 7.46. The van der Waals surface area contributed by atoms with Crippen LogP contribution in [0.4, 0.5) is 0 Å². The number of aliphatic hydroxyl groups is 3. The fraction of sp³-hybridized carbons (Fsp3) is 0.545. The van der Waals surface area contributed by atoms with Crippen LogP contribution in [0.2, 0.25) is 0 Å². The number of hydrogen-bond donors (Lipinski definition) is 4. The van der Waals surface area contributed by atoms with Crippen LogP contribution in [-0.4, -0.2) is 64.8 Å². The summed E-state index contributed by atoms with van der Waals surface area (Å²) in [6.07, 6.45) is -0.262. The Balaban J connectivity index is 2.00. The minimum atomic E-state index is -1.27. The van der Waals surface area contributed by atoms with Gasteiger partial charge in [-0.15, -0.1) is 11.8 Å². The van der Waals surface area contributed by atoms with Crippen molar-refractivity contribution in [1.82, 2.24) is 19.5 Å². The number of aromatic amines is 1. The molecule has 1 aliphatic rings. The van der Waals surface area contributed by atoms with E-state index < -0.39 is 35.5 Å². The highest BCUT2D eigenvalue weighted by Gasteiger charge is 2.47. The van der Waals surface area contributed by atoms with E-state index in [0.717, 1.165) is 11.8 Å². The zero-order valence-corrected chi connectivity index (χ0v) is 11.8. The van der Waals surface area contributed by atoms with Crippen molar-refractivity contribution in [1.29, 1.82) is 0 Å². The highest BCUT2D eigenvalue weighted by Crippen LogP contribution is 2.34. The molecule has 0 saturated carbocycles. The third kappa shape index (κ3) is 2.24. The predicted octanol–water partition coefficient (Wildman–Crippen LogP) is -1.58. The Hall–Kier alpha value is -1.46. The lowest BCUT2D eigenvalue weighted by Gasteiger charge is -2.18. The van der Waals surface area contributed by atoms with Crippen molar-refractivity contribution in [2.24, 2.45) is 0 Å². The molecule has 1 unspecified atom stereocenters. The van der Waals surface area contributed by atoms with Gasteiger partial charge in [-0.3, -0.25) is 9.36 Å². The predicted molar refractivity (Wildman–Crippen MR) is 73.6 cm³/mol. The lowest BCUT2D eigenvalue weighted by Crippen LogP contribution is -2.37. The molecular formula is C11H14N4O5S. The highest BCUT2D eigenvalue weighted by atomic mass is 32.2. The molecule has 2 aromatic rings. The number of ether oxygens (including phenoxy) is 1. The molecule has 114 valence electrons. The number of H-pyrrole nitrogens is 1. The summed E-state index contributed by atoms with van der Waals surface area (Å²) in [5, 5.41) is 29.9. The summed E-state index contributed by atoms with van der Waals surface area (Å²) in [6, 6.07) is 0. The van der Waals surface area contributed by atoms with E-state index in [1.807, 2.05) is 0 Å². The quantitative estimate of drug-likeness (QED) is 0.499. The van der Waals surface area contributed by atoms with Crippen molar-refractivity contribution in [3.05, 3.63) is 23.0 Å². The maximum absolute atomic E-state index is 11.6. The zero-order valence-electron chi connectivity index (χ0n) is 10.9. The van der Waals surface area contributed by atoms with Gasteiger partial charge in [0.1, 0.15) is 23.7 Å². The molecule has 2 aromatic heterocycles. The van der Waals surface area contributed by atoms with Crippen molar-refractivity contribution in [3.8, 4) is 0 Å². The summed E-state index contributed by atoms with van der Waals surface area (Å²) < 4.78 is 6.90. The number of aromatic nitrogens is 4. The maximum Gasteiger partial charge on any atom is 0.278 e. The second-order valence-electron chi connectivity index (χ2n) is 4.65. The Labute approximate surface area is 122 Å². The number of fused-ring (bicyclic) bond motifs is 1. The molecule has 1 saturated heterocycles. The second kappa shape index (κ2) is 5.39. The maximum atomic E-state index is 11.6. The molecule has 10 heteroatoms. The van der Waals surface area contributed by atoms with Gasteiger partial charge in [-0.25, -0.2) is 9.97 Å². The van der Waals surface area contributed by atoms with Gasteiger partial charge in [0.05, 0.1) is 12.7 Å². The normalized spacial score (nSPS) is 30.9. The van der Waals surface area contributed by atoms with Gasteiger partial charge in [-0.05, 0) is 6.26 Å². The van der Waals surface area contributed by atoms with Crippen molar-refractivity contribution >= 4 is 22.9 Å². The minimum Gasteiger partial charge on any atom is -0.387 e. The molecule has 5 atom stereocenters. The van der Waals surface area contributed by atoms with Crippen LogP contribution in [0, 0.1) is 0 Å². The zero-order chi connectivity index (χ0) is 15.1. The first kappa shape index (κ1) is 14.5. The van der Waals surface area contributed by atoms with Gasteiger partial charge >= 0.3 is 0 Å². The van der Waals surface area contributed by atoms with Gasteiger partial charge in [-0.1, -0.05) is 0 Å². The van der Waals surface area contributed by atoms with Gasteiger partial charge in [0.15, 0.2) is 17.4 Å². The lowest BCUT2D eigenvalue weighted by atomic mass is 10.1. The molecule has 0 radical (unpaired) electrons. The average molecular weight is 314 g/mol. The van der Waals surface area contributed by atoms with E-state index in [9.17, 15) is 20.1 Å². The van der Waals surface area contributed by atoms with Crippen LogP contribution in [0.15, 0.2) is 17.4 Å². The number of rotatable bonds is 3. The molecule has 0 spiro atoms. The molecule has 1 fully saturated rings. The van der Waals surface area contributed by atoms with Gasteiger partial charge in [0.25, 0.3) is 5.56 Å². The Morgan fingerprint density at radius 1 is 1.43 bits per heavy atom. The van der Waals surface area contributed by atoms with E-state index in [-0.39, 0.29) is 11.2 Å². The fourth-order valence-corrected chi connectivity index (χ4v) is 2.83. The smallest absolute Gasteiger partial charge is 0.278 e. The van der Waals surface area contributed by atoms with Crippen molar-refractivity contribution in [3.63, 3.8) is 0 Å². The van der Waals surface area contributed by atoms with Crippen LogP contribution in [-0.2, 0) is 4.74 Å². The SMILES string of the molecule is CSC(O)[C@H]1O[C@@H](n2cnc3c(=O)[nH]cnc32)[C@H](O)[C@@H]1O. The number of nitrogens with one attached hydrogen (secondary N) is 1. The molecule has 1 aliphatic heterocycles. The van der Waals surface area contributed by atoms with Crippen molar-refractivity contribution in [2.45, 2.75) is 30.0 Å². The third-order valence-electron chi connectivity index (χ3n) is 3.44. The minimum absolute atomic E-state index is 0.108. The molecule has 3 heterocycles. The van der Waals surface area contributed by atoms with E-state index >= 15 is 0 Å². The van der Waals surface area contributed by atoms with Gasteiger partial charge in [0, 0.05) is 0 Å². The Bertz CT molecular complexity index is 703. The van der Waals surface area contributed by atoms with Crippen molar-refractivity contribution < 1.29 is 20.1 Å². The highest BCUT2D eigenvalue weighted by molar-refractivity contribution is 7.99. The number of aliphatic hydroxyl groups excluding tert-OH is 3. The van der Waals surface area contributed by atoms with Crippen molar-refractivity contribution in [2.75, 3.05) is 6.26 Å². The third-order valence-corrected chi connectivity index (χ3v) is 4.19. The van der Waals surface area contributed by atoms with E-state index in [0.29, 0.717) is 0 Å². The molecule has 21 heavy (non-hydrogen) atoms. The summed E-state index contributed by atoms with van der Waals surface area (Å²) in [7, 11) is 0. The Kier molecular flexibility index (Phi) is 3.71. The second-order valence-corrected chi connectivity index (χ2v) is 5.61. The summed E-state index contributed by atoms with van der Waals surface area (Å²) in [6.45, 7) is 0. The molecular weight excluding hydrogens is 300 g/mol. The summed E-state index contributed by atoms with van der Waals surface area (Å²) in [5.41, 5.74) is -1.05. The topological polar surface area (TPSA) is 133 Å². The lowest BCUT2D eigenvalue weighted by molar-refractivity contribution is -0.0593. The number of hydrogen-bond acceptors (Lipinski definition) is 8. The average Bonchev–Trinajstić information content (AvgIpc) is 3.02. The molecule has 9 nitrogen and oxygen atoms in total. The summed E-state index contributed by atoms with van der Waals surface area (Å²) in [4.78, 5) is 21.9. The molecule has 0 aliphatic carbocycles. The Morgan fingerprint density at radius 2 is 2.19 bits per heavy atom. The van der Waals surface area contributed by atoms with E-state index in [1.165, 1.54) is 17.2 Å². The summed E-state index contributed by atoms with van der Waals surface area (Å²) in [5.74, 6) is 0. The number of nitrogens with zero attached hydrogens (tertiary/aromatic N) is 3. The van der Waals surface area contributed by atoms with Crippen LogP contribution in [0.25, 0.3) is 11.2 Å². The standard InChI is InChI=1S/C11H14N4O5S/c1-21-11(19)7-5(16)6(17)10(20-7)15-3-14-4-8(15)12-2-13-9(4)18/h2-3,5-7,10-11,16-17,19H,1H3,(H,12,13,18)/t5-,6+,7-,10+,11?/m0/s1. The monoisotopic (exact) mass is 314 g/mol. The van der Waals surface area contributed by atoms with Gasteiger partial charge < -0.3 is 25.0 Å². The first-order valence-electron chi connectivity index (χ1n) is 6.17. The van der Waals surface area contributed by atoms with Crippen LogP contribution >= 0.6 is 11.8 Å². The van der Waals surface area contributed by atoms with Crippen LogP contribution in [0.3, 0.4) is 0 Å². The Morgan fingerprint density at radius 3 is 2.90 bits per heavy atom. The van der Waals surface area contributed by atoms with Crippen LogP contribution in [0.1, 0.15) is 6.23 Å². The first-order chi connectivity index (χ1) is 10.0. The summed E-state index contributed by atoms with van der Waals surface area (Å²) >= 11 is 1.10. The molecule has 0 amide bonds. The molecule has 0 bridgehead atoms. The number of imidazole rings is 1. The van der Waals surface area contributed by atoms with Gasteiger partial charge in [-0.2, -0.15) is 0 Å². The molecule has 4 N–H and O–H groups in total. The molecule has 3 rings (SSSR count). The molecule has 0 aromatic carbocycles. The largest absolute Gasteiger partial charge is 0.387 e. The van der Waals surface area contributed by atoms with E-state index in [4.69, 9.17) is 4.74 Å². The van der Waals surface area contributed by atoms with Crippen LogP contribution < -0.4 is 5.56 Å². The van der Waals surface area contributed by atoms with Crippen LogP contribution in [0.5, 0.6) is 0 Å². The van der Waals surface area contributed by atoms with Gasteiger partial charge in [0.2, 0.25) is 0 Å². The van der Waals surface area contributed by atoms with E-state index in [1.54, 1.807) is 6.26 Å².